The van der Waals surface area contributed by atoms with Gasteiger partial charge in [-0.05, 0) is 24.6 Å². The minimum atomic E-state index is -0.400. The van der Waals surface area contributed by atoms with Crippen LogP contribution >= 0.6 is 0 Å². The van der Waals surface area contributed by atoms with Gasteiger partial charge in [0.15, 0.2) is 0 Å². The third-order valence-electron chi connectivity index (χ3n) is 3.83. The fourth-order valence-corrected chi connectivity index (χ4v) is 2.58. The van der Waals surface area contributed by atoms with Crippen molar-refractivity contribution in [1.29, 1.82) is 0 Å². The molecule has 1 aliphatic heterocycles. The number of rotatable bonds is 4. The number of amides is 2. The van der Waals surface area contributed by atoms with Crippen LogP contribution in [0.4, 0.5) is 11.4 Å². The molecule has 24 heavy (non-hydrogen) atoms. The molecule has 2 amide bonds. The SMILES string of the molecule is CCCCn1nc(C(=O)N2CC(=O)Nc3ccccc32)ccc1=O. The van der Waals surface area contributed by atoms with Gasteiger partial charge in [0.25, 0.3) is 11.5 Å². The molecule has 0 unspecified atom stereocenters. The minimum absolute atomic E-state index is 0.0778. The van der Waals surface area contributed by atoms with Crippen molar-refractivity contribution in [1.82, 2.24) is 9.78 Å². The van der Waals surface area contributed by atoms with Crippen LogP contribution < -0.4 is 15.8 Å². The van der Waals surface area contributed by atoms with Crippen LogP contribution in [-0.4, -0.2) is 28.1 Å². The van der Waals surface area contributed by atoms with E-state index in [-0.39, 0.29) is 23.7 Å². The van der Waals surface area contributed by atoms with Gasteiger partial charge >= 0.3 is 0 Å². The van der Waals surface area contributed by atoms with E-state index in [1.165, 1.54) is 21.7 Å². The van der Waals surface area contributed by atoms with Gasteiger partial charge in [-0.2, -0.15) is 5.10 Å². The highest BCUT2D eigenvalue weighted by atomic mass is 16.2. The van der Waals surface area contributed by atoms with Gasteiger partial charge in [0.1, 0.15) is 12.2 Å². The second-order valence-corrected chi connectivity index (χ2v) is 5.59. The molecular formula is C17H18N4O3. The van der Waals surface area contributed by atoms with Crippen LogP contribution in [0.15, 0.2) is 41.2 Å². The molecule has 124 valence electrons. The molecule has 1 aromatic heterocycles. The van der Waals surface area contributed by atoms with Crippen LogP contribution in [0.2, 0.25) is 0 Å². The summed E-state index contributed by atoms with van der Waals surface area (Å²) in [5.41, 5.74) is 1.11. The number of para-hydroxylation sites is 2. The maximum Gasteiger partial charge on any atom is 0.279 e. The molecule has 0 radical (unpaired) electrons. The summed E-state index contributed by atoms with van der Waals surface area (Å²) in [5.74, 6) is -0.663. The zero-order valence-electron chi connectivity index (χ0n) is 13.4. The number of carbonyl (C=O) groups is 2. The number of fused-ring (bicyclic) bond motifs is 1. The minimum Gasteiger partial charge on any atom is -0.323 e. The Morgan fingerprint density at radius 2 is 2.00 bits per heavy atom. The van der Waals surface area contributed by atoms with Crippen LogP contribution in [0.5, 0.6) is 0 Å². The standard InChI is InChI=1S/C17H18N4O3/c1-2-3-10-21-16(23)9-8-13(19-21)17(24)20-11-15(22)18-12-6-4-5-7-14(12)20/h4-9H,2-3,10-11H2,1H3,(H,18,22). The molecular weight excluding hydrogens is 308 g/mol. The monoisotopic (exact) mass is 326 g/mol. The summed E-state index contributed by atoms with van der Waals surface area (Å²) in [5, 5.41) is 6.90. The van der Waals surface area contributed by atoms with Gasteiger partial charge in [0.05, 0.1) is 11.4 Å². The summed E-state index contributed by atoms with van der Waals surface area (Å²) in [6.45, 7) is 2.41. The second kappa shape index (κ2) is 6.66. The summed E-state index contributed by atoms with van der Waals surface area (Å²) in [4.78, 5) is 37.9. The average Bonchev–Trinajstić information content (AvgIpc) is 2.59. The summed E-state index contributed by atoms with van der Waals surface area (Å²) >= 11 is 0. The van der Waals surface area contributed by atoms with Crippen LogP contribution in [0.1, 0.15) is 30.3 Å². The fraction of sp³-hybridized carbons (Fsp3) is 0.294. The highest BCUT2D eigenvalue weighted by molar-refractivity contribution is 6.14. The lowest BCUT2D eigenvalue weighted by Gasteiger charge is -2.28. The van der Waals surface area contributed by atoms with Gasteiger partial charge in [0, 0.05) is 12.6 Å². The Kier molecular flexibility index (Phi) is 4.41. The Labute approximate surface area is 138 Å². The molecule has 0 atom stereocenters. The maximum atomic E-state index is 12.8. The zero-order valence-corrected chi connectivity index (χ0v) is 13.4. The Hall–Kier alpha value is -2.96. The number of anilines is 2. The molecule has 0 aliphatic carbocycles. The number of aryl methyl sites for hydroxylation is 1. The van der Waals surface area contributed by atoms with Gasteiger partial charge in [-0.3, -0.25) is 19.3 Å². The van der Waals surface area contributed by atoms with E-state index in [2.05, 4.69) is 10.4 Å². The van der Waals surface area contributed by atoms with E-state index in [9.17, 15) is 14.4 Å². The predicted octanol–water partition coefficient (Wildman–Crippen LogP) is 1.64. The normalized spacial score (nSPS) is 13.4. The third-order valence-corrected chi connectivity index (χ3v) is 3.83. The van der Waals surface area contributed by atoms with Crippen molar-refractivity contribution in [3.05, 3.63) is 52.4 Å². The molecule has 1 aliphatic rings. The van der Waals surface area contributed by atoms with Gasteiger partial charge < -0.3 is 5.32 Å². The molecule has 1 N–H and O–H groups in total. The summed E-state index contributed by atoms with van der Waals surface area (Å²) in [7, 11) is 0. The van der Waals surface area contributed by atoms with Gasteiger partial charge in [-0.25, -0.2) is 4.68 Å². The van der Waals surface area contributed by atoms with Crippen molar-refractivity contribution in [2.24, 2.45) is 0 Å². The van der Waals surface area contributed by atoms with E-state index in [1.54, 1.807) is 24.3 Å². The van der Waals surface area contributed by atoms with Crippen LogP contribution in [0, 0.1) is 0 Å². The van der Waals surface area contributed by atoms with E-state index >= 15 is 0 Å². The number of hydrogen-bond acceptors (Lipinski definition) is 4. The smallest absolute Gasteiger partial charge is 0.279 e. The first-order valence-corrected chi connectivity index (χ1v) is 7.89. The molecule has 7 heteroatoms. The molecule has 2 aromatic rings. The summed E-state index contributed by atoms with van der Waals surface area (Å²) in [6, 6.07) is 9.83. The van der Waals surface area contributed by atoms with E-state index < -0.39 is 5.91 Å². The Morgan fingerprint density at radius 1 is 1.21 bits per heavy atom. The first-order valence-electron chi connectivity index (χ1n) is 7.89. The second-order valence-electron chi connectivity index (χ2n) is 5.59. The van der Waals surface area contributed by atoms with E-state index in [0.717, 1.165) is 12.8 Å². The predicted molar refractivity (Wildman–Crippen MR) is 90.2 cm³/mol. The molecule has 0 spiro atoms. The van der Waals surface area contributed by atoms with E-state index in [0.29, 0.717) is 17.9 Å². The topological polar surface area (TPSA) is 84.3 Å². The van der Waals surface area contributed by atoms with Crippen LogP contribution in [-0.2, 0) is 11.3 Å². The van der Waals surface area contributed by atoms with Crippen LogP contribution in [0.3, 0.4) is 0 Å². The molecule has 0 saturated carbocycles. The number of carbonyl (C=O) groups excluding carboxylic acids is 2. The summed E-state index contributed by atoms with van der Waals surface area (Å²) < 4.78 is 1.30. The van der Waals surface area contributed by atoms with Gasteiger partial charge in [-0.1, -0.05) is 25.5 Å². The number of nitrogens with zero attached hydrogens (tertiary/aromatic N) is 3. The molecule has 3 rings (SSSR count). The number of unbranched alkanes of at least 4 members (excludes halogenated alkanes) is 1. The maximum absolute atomic E-state index is 12.8. The lowest BCUT2D eigenvalue weighted by atomic mass is 10.1. The molecule has 0 saturated heterocycles. The molecule has 0 fully saturated rings. The Morgan fingerprint density at radius 3 is 2.79 bits per heavy atom. The van der Waals surface area contributed by atoms with Crippen molar-refractivity contribution < 1.29 is 9.59 Å². The third kappa shape index (κ3) is 3.05. The van der Waals surface area contributed by atoms with Crippen molar-refractivity contribution >= 4 is 23.2 Å². The number of hydrogen-bond donors (Lipinski definition) is 1. The summed E-state index contributed by atoms with van der Waals surface area (Å²) in [6.07, 6.45) is 1.73. The highest BCUT2D eigenvalue weighted by Crippen LogP contribution is 2.29. The zero-order chi connectivity index (χ0) is 17.1. The molecule has 2 heterocycles. The first kappa shape index (κ1) is 15.9. The lowest BCUT2D eigenvalue weighted by molar-refractivity contribution is -0.115. The van der Waals surface area contributed by atoms with Crippen LogP contribution in [0.25, 0.3) is 0 Å². The molecule has 0 bridgehead atoms. The lowest BCUT2D eigenvalue weighted by Crippen LogP contribution is -2.43. The number of aromatic nitrogens is 2. The number of benzene rings is 1. The Bertz CT molecular complexity index is 844. The first-order chi connectivity index (χ1) is 11.6. The quantitative estimate of drug-likeness (QED) is 0.926. The van der Waals surface area contributed by atoms with Gasteiger partial charge in [0.2, 0.25) is 5.91 Å². The largest absolute Gasteiger partial charge is 0.323 e. The van der Waals surface area contributed by atoms with Crippen molar-refractivity contribution in [3.63, 3.8) is 0 Å². The molecule has 7 nitrogen and oxygen atoms in total. The van der Waals surface area contributed by atoms with Crippen molar-refractivity contribution in [3.8, 4) is 0 Å². The van der Waals surface area contributed by atoms with E-state index in [1.807, 2.05) is 6.92 Å². The molecule has 1 aromatic carbocycles. The van der Waals surface area contributed by atoms with Crippen molar-refractivity contribution in [2.75, 3.05) is 16.8 Å². The Balaban J connectivity index is 1.95. The highest BCUT2D eigenvalue weighted by Gasteiger charge is 2.28. The van der Waals surface area contributed by atoms with E-state index in [4.69, 9.17) is 0 Å². The average molecular weight is 326 g/mol. The van der Waals surface area contributed by atoms with Crippen molar-refractivity contribution in [2.45, 2.75) is 26.3 Å². The van der Waals surface area contributed by atoms with Gasteiger partial charge in [-0.15, -0.1) is 0 Å². The fourth-order valence-electron chi connectivity index (χ4n) is 2.58. The number of nitrogens with one attached hydrogen (secondary N) is 1.